The Morgan fingerprint density at radius 2 is 1.46 bits per heavy atom. The van der Waals surface area contributed by atoms with Gasteiger partial charge >= 0.3 is 0 Å². The van der Waals surface area contributed by atoms with E-state index in [0.717, 1.165) is 12.8 Å². The normalized spacial score (nSPS) is 15.5. The van der Waals surface area contributed by atoms with Gasteiger partial charge in [0.2, 0.25) is 10.0 Å². The molecule has 1 fully saturated rings. The number of hydrogen-bond acceptors (Lipinski definition) is 5. The molecular formula is C19H24N2O5S2. The van der Waals surface area contributed by atoms with E-state index in [0.29, 0.717) is 35.7 Å². The van der Waals surface area contributed by atoms with Crippen LogP contribution in [0, 0.1) is 13.8 Å². The van der Waals surface area contributed by atoms with Gasteiger partial charge in [-0.05, 0) is 74.2 Å². The van der Waals surface area contributed by atoms with E-state index in [-0.39, 0.29) is 9.79 Å². The van der Waals surface area contributed by atoms with Gasteiger partial charge in [0.05, 0.1) is 16.9 Å². The monoisotopic (exact) mass is 424 g/mol. The van der Waals surface area contributed by atoms with Crippen molar-refractivity contribution in [3.05, 3.63) is 47.5 Å². The molecule has 7 nitrogen and oxygen atoms in total. The summed E-state index contributed by atoms with van der Waals surface area (Å²) in [5.41, 5.74) is 1.44. The second-order valence-electron chi connectivity index (χ2n) is 6.83. The van der Waals surface area contributed by atoms with Gasteiger partial charge in [0.25, 0.3) is 10.0 Å². The van der Waals surface area contributed by atoms with Gasteiger partial charge < -0.3 is 4.74 Å². The zero-order chi connectivity index (χ0) is 20.5. The summed E-state index contributed by atoms with van der Waals surface area (Å²) in [6.45, 7) is 4.45. The standard InChI is InChI=1S/C19H24N2O5S2/c1-14-12-17(26-3)13-15(2)19(14)27(22,23)20-16-6-8-18(9-7-16)28(24,25)21-10-4-5-11-21/h6-9,12-13,20H,4-5,10-11H2,1-3H3. The second kappa shape index (κ2) is 7.73. The first kappa shape index (κ1) is 20.6. The SMILES string of the molecule is COc1cc(C)c(S(=O)(=O)Nc2ccc(S(=O)(=O)N3CCCC3)cc2)c(C)c1. The molecule has 0 atom stereocenters. The molecule has 3 rings (SSSR count). The van der Waals surface area contributed by atoms with Crippen molar-refractivity contribution >= 4 is 25.7 Å². The summed E-state index contributed by atoms with van der Waals surface area (Å²) < 4.78 is 60.0. The fourth-order valence-electron chi connectivity index (χ4n) is 3.43. The van der Waals surface area contributed by atoms with Crippen LogP contribution in [0.15, 0.2) is 46.2 Å². The Bertz CT molecular complexity index is 1050. The highest BCUT2D eigenvalue weighted by Gasteiger charge is 2.27. The van der Waals surface area contributed by atoms with Crippen molar-refractivity contribution < 1.29 is 21.6 Å². The molecule has 0 radical (unpaired) electrons. The van der Waals surface area contributed by atoms with Crippen molar-refractivity contribution in [3.8, 4) is 5.75 Å². The minimum atomic E-state index is -3.83. The molecule has 1 saturated heterocycles. The van der Waals surface area contributed by atoms with E-state index in [9.17, 15) is 16.8 Å². The van der Waals surface area contributed by atoms with Crippen LogP contribution in [0.4, 0.5) is 5.69 Å². The number of ether oxygens (including phenoxy) is 1. The van der Waals surface area contributed by atoms with Gasteiger partial charge in [-0.3, -0.25) is 4.72 Å². The Morgan fingerprint density at radius 3 is 1.96 bits per heavy atom. The van der Waals surface area contributed by atoms with Crippen molar-refractivity contribution in [2.24, 2.45) is 0 Å². The number of nitrogens with one attached hydrogen (secondary N) is 1. The average molecular weight is 425 g/mol. The van der Waals surface area contributed by atoms with E-state index in [1.54, 1.807) is 26.0 Å². The van der Waals surface area contributed by atoms with Crippen molar-refractivity contribution in [2.75, 3.05) is 24.9 Å². The Morgan fingerprint density at radius 1 is 0.929 bits per heavy atom. The lowest BCUT2D eigenvalue weighted by Gasteiger charge is -2.16. The molecule has 1 N–H and O–H groups in total. The summed E-state index contributed by atoms with van der Waals surface area (Å²) >= 11 is 0. The lowest BCUT2D eigenvalue weighted by Crippen LogP contribution is -2.27. The van der Waals surface area contributed by atoms with E-state index in [4.69, 9.17) is 4.74 Å². The van der Waals surface area contributed by atoms with E-state index in [1.807, 2.05) is 0 Å². The largest absolute Gasteiger partial charge is 0.497 e. The highest BCUT2D eigenvalue weighted by molar-refractivity contribution is 7.92. The van der Waals surface area contributed by atoms with Gasteiger partial charge in [0.15, 0.2) is 0 Å². The minimum absolute atomic E-state index is 0.161. The third-order valence-electron chi connectivity index (χ3n) is 4.75. The van der Waals surface area contributed by atoms with Crippen molar-refractivity contribution in [1.29, 1.82) is 0 Å². The smallest absolute Gasteiger partial charge is 0.262 e. The van der Waals surface area contributed by atoms with Gasteiger partial charge in [-0.2, -0.15) is 4.31 Å². The molecule has 0 spiro atoms. The molecule has 0 bridgehead atoms. The molecule has 2 aromatic carbocycles. The number of hydrogen-bond donors (Lipinski definition) is 1. The van der Waals surface area contributed by atoms with Crippen LogP contribution < -0.4 is 9.46 Å². The lowest BCUT2D eigenvalue weighted by molar-refractivity contribution is 0.413. The molecule has 28 heavy (non-hydrogen) atoms. The van der Waals surface area contributed by atoms with Crippen molar-refractivity contribution in [3.63, 3.8) is 0 Å². The lowest BCUT2D eigenvalue weighted by atomic mass is 10.1. The van der Waals surface area contributed by atoms with Gasteiger partial charge in [-0.25, -0.2) is 16.8 Å². The molecule has 9 heteroatoms. The number of sulfonamides is 2. The van der Waals surface area contributed by atoms with Crippen LogP contribution in [0.5, 0.6) is 5.75 Å². The molecule has 0 aliphatic carbocycles. The van der Waals surface area contributed by atoms with Crippen LogP contribution in [-0.4, -0.2) is 41.3 Å². The second-order valence-corrected chi connectivity index (χ2v) is 10.4. The molecule has 0 amide bonds. The van der Waals surface area contributed by atoms with Gasteiger partial charge in [-0.1, -0.05) is 0 Å². The summed E-state index contributed by atoms with van der Waals surface area (Å²) in [5, 5.41) is 0. The van der Waals surface area contributed by atoms with Crippen molar-refractivity contribution in [2.45, 2.75) is 36.5 Å². The number of benzene rings is 2. The molecule has 0 saturated carbocycles. The quantitative estimate of drug-likeness (QED) is 0.770. The Kier molecular flexibility index (Phi) is 5.69. The van der Waals surface area contributed by atoms with Gasteiger partial charge in [-0.15, -0.1) is 0 Å². The molecule has 2 aromatic rings. The fraction of sp³-hybridized carbons (Fsp3) is 0.368. The van der Waals surface area contributed by atoms with Crippen LogP contribution in [-0.2, 0) is 20.0 Å². The van der Waals surface area contributed by atoms with E-state index in [2.05, 4.69) is 4.72 Å². The predicted octanol–water partition coefficient (Wildman–Crippen LogP) is 2.90. The summed E-state index contributed by atoms with van der Waals surface area (Å²) in [5.74, 6) is 0.588. The van der Waals surface area contributed by atoms with Crippen LogP contribution in [0.25, 0.3) is 0 Å². The first-order valence-corrected chi connectivity index (χ1v) is 11.9. The molecule has 1 aliphatic rings. The van der Waals surface area contributed by atoms with Crippen LogP contribution in [0.1, 0.15) is 24.0 Å². The van der Waals surface area contributed by atoms with E-state index >= 15 is 0 Å². The summed E-state index contributed by atoms with van der Waals surface area (Å²) in [7, 11) is -5.83. The summed E-state index contributed by atoms with van der Waals surface area (Å²) in [4.78, 5) is 0.344. The first-order valence-electron chi connectivity index (χ1n) is 8.93. The highest BCUT2D eigenvalue weighted by Crippen LogP contribution is 2.28. The summed E-state index contributed by atoms with van der Waals surface area (Å²) in [6, 6.07) is 9.11. The van der Waals surface area contributed by atoms with Crippen LogP contribution in [0.3, 0.4) is 0 Å². The number of nitrogens with zero attached hydrogens (tertiary/aromatic N) is 1. The third kappa shape index (κ3) is 4.01. The summed E-state index contributed by atoms with van der Waals surface area (Å²) in [6.07, 6.45) is 1.72. The molecule has 152 valence electrons. The minimum Gasteiger partial charge on any atom is -0.497 e. The van der Waals surface area contributed by atoms with Crippen LogP contribution in [0.2, 0.25) is 0 Å². The number of aryl methyl sites for hydroxylation is 2. The van der Waals surface area contributed by atoms with E-state index < -0.39 is 20.0 Å². The number of anilines is 1. The van der Waals surface area contributed by atoms with E-state index in [1.165, 1.54) is 35.7 Å². The molecule has 1 heterocycles. The van der Waals surface area contributed by atoms with Crippen molar-refractivity contribution in [1.82, 2.24) is 4.31 Å². The maximum atomic E-state index is 12.9. The number of rotatable bonds is 6. The Balaban J connectivity index is 1.86. The van der Waals surface area contributed by atoms with Gasteiger partial charge in [0.1, 0.15) is 5.75 Å². The third-order valence-corrected chi connectivity index (χ3v) is 8.35. The predicted molar refractivity (Wildman–Crippen MR) is 108 cm³/mol. The Hall–Kier alpha value is -2.10. The molecule has 0 aromatic heterocycles. The van der Waals surface area contributed by atoms with Crippen LogP contribution >= 0.6 is 0 Å². The topological polar surface area (TPSA) is 92.8 Å². The average Bonchev–Trinajstić information content (AvgIpc) is 3.16. The molecular weight excluding hydrogens is 400 g/mol. The van der Waals surface area contributed by atoms with Gasteiger partial charge in [0, 0.05) is 18.8 Å². The molecule has 0 unspecified atom stereocenters. The zero-order valence-electron chi connectivity index (χ0n) is 16.1. The fourth-order valence-corrected chi connectivity index (χ4v) is 6.46. The maximum absolute atomic E-state index is 12.9. The first-order chi connectivity index (χ1) is 13.1. The highest BCUT2D eigenvalue weighted by atomic mass is 32.2. The maximum Gasteiger partial charge on any atom is 0.262 e. The Labute approximate surface area is 166 Å². The zero-order valence-corrected chi connectivity index (χ0v) is 17.7. The molecule has 1 aliphatic heterocycles. The number of methoxy groups -OCH3 is 1.